The molecule has 7 nitrogen and oxygen atoms in total. The normalized spacial score (nSPS) is 11.4. The lowest BCUT2D eigenvalue weighted by Crippen LogP contribution is -2.40. The molecule has 90 valence electrons. The minimum atomic E-state index is -1.22. The molecule has 0 aromatic rings. The van der Waals surface area contributed by atoms with Crippen molar-refractivity contribution in [3.8, 4) is 0 Å². The fourth-order valence-corrected chi connectivity index (χ4v) is 1.04. The van der Waals surface area contributed by atoms with E-state index in [0.717, 1.165) is 0 Å². The molecule has 1 unspecified atom stereocenters. The van der Waals surface area contributed by atoms with Gasteiger partial charge in [0.25, 0.3) is 0 Å². The first-order chi connectivity index (χ1) is 7.32. The van der Waals surface area contributed by atoms with Crippen molar-refractivity contribution in [1.82, 2.24) is 10.6 Å². The van der Waals surface area contributed by atoms with E-state index >= 15 is 0 Å². The Kier molecular flexibility index (Phi) is 5.76. The zero-order valence-corrected chi connectivity index (χ0v) is 9.07. The molecule has 0 radical (unpaired) electrons. The minimum absolute atomic E-state index is 0.0615. The van der Waals surface area contributed by atoms with Crippen molar-refractivity contribution in [2.75, 3.05) is 0 Å². The van der Waals surface area contributed by atoms with Gasteiger partial charge in [-0.3, -0.25) is 19.7 Å². The quantitative estimate of drug-likeness (QED) is 0.561. The molecule has 3 N–H and O–H groups in total. The Morgan fingerprint density at radius 1 is 1.12 bits per heavy atom. The zero-order valence-electron chi connectivity index (χ0n) is 9.07. The molecule has 0 saturated carbocycles. The summed E-state index contributed by atoms with van der Waals surface area (Å²) in [5.74, 6) is -2.77. The molecule has 0 aromatic carbocycles. The number of hydrogen-bond acceptors (Lipinski definition) is 4. The molecule has 0 bridgehead atoms. The van der Waals surface area contributed by atoms with Gasteiger partial charge in [0.2, 0.25) is 17.7 Å². The maximum Gasteiger partial charge on any atom is 0.326 e. The summed E-state index contributed by atoms with van der Waals surface area (Å²) in [6, 6.07) is -1.12. The van der Waals surface area contributed by atoms with Crippen molar-refractivity contribution in [3.05, 3.63) is 0 Å². The number of carbonyl (C=O) groups excluding carboxylic acids is 3. The van der Waals surface area contributed by atoms with Crippen LogP contribution in [0.1, 0.15) is 26.7 Å². The van der Waals surface area contributed by atoms with Gasteiger partial charge in [0.05, 0.1) is 0 Å². The lowest BCUT2D eigenvalue weighted by atomic mass is 10.1. The van der Waals surface area contributed by atoms with Crippen LogP contribution >= 0.6 is 0 Å². The number of carboxylic acids is 1. The first-order valence-electron chi connectivity index (χ1n) is 4.63. The fourth-order valence-electron chi connectivity index (χ4n) is 1.04. The highest BCUT2D eigenvalue weighted by Gasteiger charge is 2.19. The minimum Gasteiger partial charge on any atom is -0.480 e. The summed E-state index contributed by atoms with van der Waals surface area (Å²) in [5.41, 5.74) is 0. The second-order valence-electron chi connectivity index (χ2n) is 3.23. The molecular weight excluding hydrogens is 216 g/mol. The van der Waals surface area contributed by atoms with Crippen molar-refractivity contribution >= 4 is 23.7 Å². The third kappa shape index (κ3) is 6.52. The molecule has 1 atom stereocenters. The highest BCUT2D eigenvalue weighted by atomic mass is 16.4. The van der Waals surface area contributed by atoms with Crippen molar-refractivity contribution in [2.24, 2.45) is 0 Å². The van der Waals surface area contributed by atoms with E-state index in [2.05, 4.69) is 5.32 Å². The fraction of sp³-hybridized carbons (Fsp3) is 0.556. The molecule has 0 fully saturated rings. The van der Waals surface area contributed by atoms with Crippen molar-refractivity contribution < 1.29 is 24.3 Å². The second kappa shape index (κ2) is 6.54. The van der Waals surface area contributed by atoms with Gasteiger partial charge in [-0.25, -0.2) is 4.79 Å². The van der Waals surface area contributed by atoms with Gasteiger partial charge in [0.1, 0.15) is 6.04 Å². The van der Waals surface area contributed by atoms with Crippen molar-refractivity contribution in [1.29, 1.82) is 0 Å². The SMILES string of the molecule is CC(=O)NC(=O)CCC(NC(C)=O)C(=O)O. The molecular formula is C9H14N2O5. The van der Waals surface area contributed by atoms with Gasteiger partial charge < -0.3 is 10.4 Å². The van der Waals surface area contributed by atoms with Crippen LogP contribution < -0.4 is 10.6 Å². The summed E-state index contributed by atoms with van der Waals surface area (Å²) < 4.78 is 0. The van der Waals surface area contributed by atoms with E-state index in [-0.39, 0.29) is 12.8 Å². The molecule has 0 saturated heterocycles. The Labute approximate surface area is 92.2 Å². The van der Waals surface area contributed by atoms with Crippen molar-refractivity contribution in [2.45, 2.75) is 32.7 Å². The molecule has 0 heterocycles. The highest BCUT2D eigenvalue weighted by molar-refractivity contribution is 5.94. The number of rotatable bonds is 5. The topological polar surface area (TPSA) is 113 Å². The predicted molar refractivity (Wildman–Crippen MR) is 53.3 cm³/mol. The van der Waals surface area contributed by atoms with Crippen LogP contribution in [0.3, 0.4) is 0 Å². The molecule has 0 aromatic heterocycles. The highest BCUT2D eigenvalue weighted by Crippen LogP contribution is 1.98. The maximum absolute atomic E-state index is 11.0. The van der Waals surface area contributed by atoms with Gasteiger partial charge in [0.15, 0.2) is 0 Å². The van der Waals surface area contributed by atoms with Crippen LogP contribution in [0.25, 0.3) is 0 Å². The summed E-state index contributed by atoms with van der Waals surface area (Å²) >= 11 is 0. The van der Waals surface area contributed by atoms with E-state index in [1.165, 1.54) is 13.8 Å². The molecule has 0 aliphatic rings. The van der Waals surface area contributed by atoms with E-state index in [0.29, 0.717) is 0 Å². The average Bonchev–Trinajstić information content (AvgIpc) is 2.09. The first kappa shape index (κ1) is 14.1. The Morgan fingerprint density at radius 3 is 2.06 bits per heavy atom. The van der Waals surface area contributed by atoms with E-state index in [1.54, 1.807) is 0 Å². The Morgan fingerprint density at radius 2 is 1.69 bits per heavy atom. The summed E-state index contributed by atoms with van der Waals surface area (Å²) in [7, 11) is 0. The van der Waals surface area contributed by atoms with Gasteiger partial charge in [-0.15, -0.1) is 0 Å². The molecule has 0 rings (SSSR count). The largest absolute Gasteiger partial charge is 0.480 e. The molecule has 0 aliphatic heterocycles. The van der Waals surface area contributed by atoms with Gasteiger partial charge in [0, 0.05) is 20.3 Å². The van der Waals surface area contributed by atoms with Crippen LogP contribution in [0.4, 0.5) is 0 Å². The monoisotopic (exact) mass is 230 g/mol. The Bertz CT molecular complexity index is 313. The molecule has 0 spiro atoms. The molecule has 7 heteroatoms. The predicted octanol–water partition coefficient (Wildman–Crippen LogP) is -0.981. The average molecular weight is 230 g/mol. The van der Waals surface area contributed by atoms with E-state index in [9.17, 15) is 19.2 Å². The summed E-state index contributed by atoms with van der Waals surface area (Å²) in [6.07, 6.45) is -0.204. The van der Waals surface area contributed by atoms with Crippen LogP contribution in [-0.2, 0) is 19.2 Å². The van der Waals surface area contributed by atoms with E-state index in [4.69, 9.17) is 5.11 Å². The lowest BCUT2D eigenvalue weighted by molar-refractivity contribution is -0.141. The molecule has 0 aliphatic carbocycles. The standard InChI is InChI=1S/C9H14N2O5/c1-5(12)10-7(9(15)16)3-4-8(14)11-6(2)13/h7H,3-4H2,1-2H3,(H,10,12)(H,15,16)(H,11,13,14). The van der Waals surface area contributed by atoms with E-state index in [1.807, 2.05) is 5.32 Å². The van der Waals surface area contributed by atoms with Crippen LogP contribution in [0.15, 0.2) is 0 Å². The second-order valence-corrected chi connectivity index (χ2v) is 3.23. The van der Waals surface area contributed by atoms with Gasteiger partial charge in [-0.1, -0.05) is 0 Å². The summed E-state index contributed by atoms with van der Waals surface area (Å²) in [6.45, 7) is 2.37. The number of nitrogens with one attached hydrogen (secondary N) is 2. The number of imide groups is 1. The Hall–Kier alpha value is -1.92. The third-order valence-electron chi connectivity index (χ3n) is 1.65. The van der Waals surface area contributed by atoms with Gasteiger partial charge in [-0.2, -0.15) is 0 Å². The maximum atomic E-state index is 11.0. The van der Waals surface area contributed by atoms with Crippen LogP contribution in [0.2, 0.25) is 0 Å². The smallest absolute Gasteiger partial charge is 0.326 e. The van der Waals surface area contributed by atoms with E-state index < -0.39 is 29.7 Å². The first-order valence-corrected chi connectivity index (χ1v) is 4.63. The van der Waals surface area contributed by atoms with Gasteiger partial charge in [-0.05, 0) is 6.42 Å². The third-order valence-corrected chi connectivity index (χ3v) is 1.65. The van der Waals surface area contributed by atoms with Crippen LogP contribution in [0, 0.1) is 0 Å². The lowest BCUT2D eigenvalue weighted by Gasteiger charge is -2.12. The number of amides is 3. The summed E-state index contributed by atoms with van der Waals surface area (Å²) in [5, 5.41) is 12.9. The number of carbonyl (C=O) groups is 4. The number of aliphatic carboxylic acids is 1. The van der Waals surface area contributed by atoms with Gasteiger partial charge >= 0.3 is 5.97 Å². The molecule has 3 amide bonds. The molecule has 16 heavy (non-hydrogen) atoms. The van der Waals surface area contributed by atoms with Crippen LogP contribution in [0.5, 0.6) is 0 Å². The zero-order chi connectivity index (χ0) is 12.7. The number of hydrogen-bond donors (Lipinski definition) is 3. The summed E-state index contributed by atoms with van der Waals surface area (Å²) in [4.78, 5) is 42.8. The van der Waals surface area contributed by atoms with Crippen LogP contribution in [-0.4, -0.2) is 34.8 Å². The Balaban J connectivity index is 4.11. The van der Waals surface area contributed by atoms with Crippen molar-refractivity contribution in [3.63, 3.8) is 0 Å². The number of carboxylic acid groups (broad SMARTS) is 1.